The number of anilines is 1. The largest absolute Gasteiger partial charge is 0.322 e. The van der Waals surface area contributed by atoms with Crippen LogP contribution >= 0.6 is 23.4 Å². The zero-order valence-electron chi connectivity index (χ0n) is 13.4. The minimum Gasteiger partial charge on any atom is -0.322 e. The molecule has 1 unspecified atom stereocenters. The summed E-state index contributed by atoms with van der Waals surface area (Å²) in [6.45, 7) is 2.57. The number of pyridine rings is 1. The summed E-state index contributed by atoms with van der Waals surface area (Å²) in [5.41, 5.74) is 1.70. The molecule has 122 valence electrons. The van der Waals surface area contributed by atoms with Crippen LogP contribution in [0.5, 0.6) is 0 Å². The van der Waals surface area contributed by atoms with Crippen LogP contribution in [0.25, 0.3) is 0 Å². The van der Waals surface area contributed by atoms with Gasteiger partial charge in [-0.3, -0.25) is 9.69 Å². The maximum atomic E-state index is 12.4. The summed E-state index contributed by atoms with van der Waals surface area (Å²) >= 11 is 7.68. The zero-order chi connectivity index (χ0) is 16.8. The van der Waals surface area contributed by atoms with Gasteiger partial charge in [-0.15, -0.1) is 11.8 Å². The predicted octanol–water partition coefficient (Wildman–Crippen LogP) is 3.92. The Morgan fingerprint density at radius 3 is 2.65 bits per heavy atom. The van der Waals surface area contributed by atoms with Crippen LogP contribution in [0.15, 0.2) is 47.5 Å². The Morgan fingerprint density at radius 2 is 2.04 bits per heavy atom. The maximum Gasteiger partial charge on any atom is 0.241 e. The third kappa shape index (κ3) is 4.96. The van der Waals surface area contributed by atoms with E-state index in [1.54, 1.807) is 30.1 Å². The topological polar surface area (TPSA) is 45.2 Å². The fourth-order valence-electron chi connectivity index (χ4n) is 2.07. The van der Waals surface area contributed by atoms with Crippen molar-refractivity contribution < 1.29 is 4.79 Å². The molecule has 0 aliphatic heterocycles. The molecule has 0 saturated heterocycles. The summed E-state index contributed by atoms with van der Waals surface area (Å²) in [6.07, 6.45) is 3.64. The molecule has 4 nitrogen and oxygen atoms in total. The second-order valence-corrected chi connectivity index (χ2v) is 6.51. The van der Waals surface area contributed by atoms with Crippen molar-refractivity contribution >= 4 is 35.0 Å². The van der Waals surface area contributed by atoms with Gasteiger partial charge < -0.3 is 5.32 Å². The van der Waals surface area contributed by atoms with Gasteiger partial charge in [0.15, 0.2) is 5.15 Å². The number of aromatic nitrogens is 1. The normalized spacial score (nSPS) is 12.2. The number of nitrogens with one attached hydrogen (secondary N) is 1. The Hall–Kier alpha value is -1.56. The minimum absolute atomic E-state index is 0.108. The molecule has 0 aliphatic rings. The van der Waals surface area contributed by atoms with Crippen LogP contribution in [0.3, 0.4) is 0 Å². The van der Waals surface area contributed by atoms with Gasteiger partial charge in [-0.1, -0.05) is 23.7 Å². The monoisotopic (exact) mass is 349 g/mol. The highest BCUT2D eigenvalue weighted by Gasteiger charge is 2.19. The molecule has 0 fully saturated rings. The first-order valence-electron chi connectivity index (χ1n) is 7.26. The molecule has 1 aromatic heterocycles. The van der Waals surface area contributed by atoms with E-state index in [0.29, 0.717) is 17.4 Å². The number of hydrogen-bond donors (Lipinski definition) is 1. The van der Waals surface area contributed by atoms with Crippen molar-refractivity contribution in [2.45, 2.75) is 24.4 Å². The van der Waals surface area contributed by atoms with Gasteiger partial charge in [0.2, 0.25) is 5.91 Å². The van der Waals surface area contributed by atoms with Crippen molar-refractivity contribution in [1.29, 1.82) is 0 Å². The van der Waals surface area contributed by atoms with Crippen molar-refractivity contribution in [3.63, 3.8) is 0 Å². The van der Waals surface area contributed by atoms with Crippen LogP contribution in [-0.2, 0) is 11.3 Å². The smallest absolute Gasteiger partial charge is 0.241 e. The van der Waals surface area contributed by atoms with Crippen LogP contribution in [0, 0.1) is 0 Å². The molecular formula is C17H20ClN3OS. The Labute approximate surface area is 146 Å². The van der Waals surface area contributed by atoms with E-state index in [2.05, 4.69) is 40.8 Å². The first-order chi connectivity index (χ1) is 11.0. The molecule has 1 N–H and O–H groups in total. The molecule has 2 aromatic rings. The Bertz CT molecular complexity index is 663. The molecule has 2 rings (SSSR count). The summed E-state index contributed by atoms with van der Waals surface area (Å²) in [5, 5.41) is 3.11. The quantitative estimate of drug-likeness (QED) is 0.634. The highest BCUT2D eigenvalue weighted by molar-refractivity contribution is 7.98. The van der Waals surface area contributed by atoms with Crippen molar-refractivity contribution in [3.05, 3.63) is 53.3 Å². The molecule has 0 saturated carbocycles. The van der Waals surface area contributed by atoms with Gasteiger partial charge in [-0.25, -0.2) is 4.98 Å². The van der Waals surface area contributed by atoms with Gasteiger partial charge >= 0.3 is 0 Å². The minimum atomic E-state index is -0.286. The van der Waals surface area contributed by atoms with Gasteiger partial charge in [0.25, 0.3) is 0 Å². The van der Waals surface area contributed by atoms with Crippen LogP contribution in [-0.4, -0.2) is 35.1 Å². The van der Waals surface area contributed by atoms with E-state index < -0.39 is 0 Å². The highest BCUT2D eigenvalue weighted by Crippen LogP contribution is 2.19. The average Bonchev–Trinajstić information content (AvgIpc) is 2.56. The van der Waals surface area contributed by atoms with Crippen LogP contribution in [0.2, 0.25) is 5.15 Å². The molecule has 0 aliphatic carbocycles. The summed E-state index contributed by atoms with van der Waals surface area (Å²) in [4.78, 5) is 19.5. The van der Waals surface area contributed by atoms with Crippen molar-refractivity contribution in [1.82, 2.24) is 9.88 Å². The molecule has 1 aromatic carbocycles. The van der Waals surface area contributed by atoms with Gasteiger partial charge in [0.1, 0.15) is 0 Å². The standard InChI is InChI=1S/C17H20ClN3OS/c1-12(17(22)20-15-5-4-10-19-16(15)18)21(2)11-13-6-8-14(23-3)9-7-13/h4-10,12H,11H2,1-3H3,(H,20,22). The molecular weight excluding hydrogens is 330 g/mol. The van der Waals surface area contributed by atoms with Crippen LogP contribution in [0.4, 0.5) is 5.69 Å². The lowest BCUT2D eigenvalue weighted by Gasteiger charge is -2.24. The summed E-state index contributed by atoms with van der Waals surface area (Å²) < 4.78 is 0. The highest BCUT2D eigenvalue weighted by atomic mass is 35.5. The first kappa shape index (κ1) is 17.8. The summed E-state index contributed by atoms with van der Waals surface area (Å²) in [7, 11) is 1.93. The SMILES string of the molecule is CSc1ccc(CN(C)C(C)C(=O)Nc2cccnc2Cl)cc1. The number of rotatable bonds is 6. The molecule has 6 heteroatoms. The Balaban J connectivity index is 1.96. The van der Waals surface area contributed by atoms with E-state index in [-0.39, 0.29) is 11.9 Å². The number of nitrogens with zero attached hydrogens (tertiary/aromatic N) is 2. The number of benzene rings is 1. The third-order valence-corrected chi connectivity index (χ3v) is 4.69. The second kappa shape index (κ2) is 8.34. The van der Waals surface area contributed by atoms with Crippen molar-refractivity contribution in [3.8, 4) is 0 Å². The van der Waals surface area contributed by atoms with Crippen LogP contribution in [0.1, 0.15) is 12.5 Å². The van der Waals surface area contributed by atoms with E-state index in [9.17, 15) is 4.79 Å². The summed E-state index contributed by atoms with van der Waals surface area (Å²) in [5.74, 6) is -0.108. The molecule has 0 radical (unpaired) electrons. The molecule has 0 bridgehead atoms. The van der Waals surface area contributed by atoms with E-state index in [1.165, 1.54) is 10.5 Å². The molecule has 1 amide bonds. The molecule has 1 heterocycles. The lowest BCUT2D eigenvalue weighted by molar-refractivity contribution is -0.120. The van der Waals surface area contributed by atoms with E-state index in [4.69, 9.17) is 11.6 Å². The zero-order valence-corrected chi connectivity index (χ0v) is 15.0. The van der Waals surface area contributed by atoms with Crippen molar-refractivity contribution in [2.24, 2.45) is 0 Å². The Morgan fingerprint density at radius 1 is 1.35 bits per heavy atom. The van der Waals surface area contributed by atoms with Crippen molar-refractivity contribution in [2.75, 3.05) is 18.6 Å². The number of hydrogen-bond acceptors (Lipinski definition) is 4. The molecule has 1 atom stereocenters. The van der Waals surface area contributed by atoms with E-state index in [0.717, 1.165) is 0 Å². The first-order valence-corrected chi connectivity index (χ1v) is 8.86. The summed E-state index contributed by atoms with van der Waals surface area (Å²) in [6, 6.07) is 11.5. The molecule has 0 spiro atoms. The number of amides is 1. The average molecular weight is 350 g/mol. The second-order valence-electron chi connectivity index (χ2n) is 5.27. The number of halogens is 1. The number of carbonyl (C=O) groups excluding carboxylic acids is 1. The van der Waals surface area contributed by atoms with E-state index in [1.807, 2.05) is 18.9 Å². The fraction of sp³-hybridized carbons (Fsp3) is 0.294. The third-order valence-electron chi connectivity index (χ3n) is 3.65. The molecule has 23 heavy (non-hydrogen) atoms. The fourth-order valence-corrected chi connectivity index (χ4v) is 2.65. The maximum absolute atomic E-state index is 12.4. The van der Waals surface area contributed by atoms with Gasteiger partial charge in [-0.2, -0.15) is 0 Å². The number of likely N-dealkylation sites (N-methyl/N-ethyl adjacent to an activating group) is 1. The lowest BCUT2D eigenvalue weighted by Crippen LogP contribution is -2.39. The lowest BCUT2D eigenvalue weighted by atomic mass is 10.2. The van der Waals surface area contributed by atoms with Crippen LogP contribution < -0.4 is 5.32 Å². The predicted molar refractivity (Wildman–Crippen MR) is 97.0 cm³/mol. The van der Waals surface area contributed by atoms with E-state index >= 15 is 0 Å². The van der Waals surface area contributed by atoms with Gasteiger partial charge in [-0.05, 0) is 50.1 Å². The number of thioether (sulfide) groups is 1. The number of carbonyl (C=O) groups is 1. The van der Waals surface area contributed by atoms with Gasteiger partial charge in [0, 0.05) is 17.6 Å². The Kier molecular flexibility index (Phi) is 6.45. The van der Waals surface area contributed by atoms with Gasteiger partial charge in [0.05, 0.1) is 11.7 Å².